The van der Waals surface area contributed by atoms with Crippen LogP contribution < -0.4 is 9.64 Å². The van der Waals surface area contributed by atoms with Crippen molar-refractivity contribution in [1.82, 2.24) is 0 Å². The second-order valence-electron chi connectivity index (χ2n) is 5.03. The van der Waals surface area contributed by atoms with Gasteiger partial charge >= 0.3 is 6.09 Å². The number of rotatable bonds is 6. The Morgan fingerprint density at radius 2 is 1.79 bits per heavy atom. The van der Waals surface area contributed by atoms with E-state index in [9.17, 15) is 4.79 Å². The molecule has 0 aliphatic heterocycles. The summed E-state index contributed by atoms with van der Waals surface area (Å²) in [6, 6.07) is 15.4. The van der Waals surface area contributed by atoms with E-state index in [0.29, 0.717) is 6.54 Å². The molecule has 0 saturated carbocycles. The van der Waals surface area contributed by atoms with Gasteiger partial charge in [-0.1, -0.05) is 48.6 Å². The van der Waals surface area contributed by atoms with Crippen LogP contribution in [0, 0.1) is 0 Å². The van der Waals surface area contributed by atoms with E-state index in [1.54, 1.807) is 18.1 Å². The van der Waals surface area contributed by atoms with Crippen molar-refractivity contribution in [3.8, 4) is 5.75 Å². The van der Waals surface area contributed by atoms with E-state index in [2.05, 4.69) is 6.58 Å². The first-order valence-electron chi connectivity index (χ1n) is 7.57. The van der Waals surface area contributed by atoms with Gasteiger partial charge in [0.2, 0.25) is 0 Å². The van der Waals surface area contributed by atoms with Gasteiger partial charge < -0.3 is 9.47 Å². The number of hydrogen-bond acceptors (Lipinski definition) is 3. The van der Waals surface area contributed by atoms with Crippen LogP contribution in [-0.4, -0.2) is 26.9 Å². The SMILES string of the molecule is C=CCN(C(=O)OC)c1ccccc1/C=C/c1ccc(OC)cc1. The van der Waals surface area contributed by atoms with E-state index >= 15 is 0 Å². The molecule has 24 heavy (non-hydrogen) atoms. The summed E-state index contributed by atoms with van der Waals surface area (Å²) in [6.07, 6.45) is 5.21. The van der Waals surface area contributed by atoms with Crippen LogP contribution in [0.4, 0.5) is 10.5 Å². The van der Waals surface area contributed by atoms with Crippen LogP contribution in [0.15, 0.2) is 61.2 Å². The first kappa shape index (κ1) is 17.3. The van der Waals surface area contributed by atoms with Gasteiger partial charge in [0.15, 0.2) is 0 Å². The predicted molar refractivity (Wildman–Crippen MR) is 98.3 cm³/mol. The maximum Gasteiger partial charge on any atom is 0.414 e. The van der Waals surface area contributed by atoms with Crippen LogP contribution in [0.2, 0.25) is 0 Å². The summed E-state index contributed by atoms with van der Waals surface area (Å²) in [5.74, 6) is 0.815. The first-order valence-corrected chi connectivity index (χ1v) is 7.57. The monoisotopic (exact) mass is 323 g/mol. The molecule has 0 spiro atoms. The molecule has 0 fully saturated rings. The number of carbonyl (C=O) groups is 1. The fourth-order valence-corrected chi connectivity index (χ4v) is 2.29. The lowest BCUT2D eigenvalue weighted by atomic mass is 10.1. The third-order valence-corrected chi connectivity index (χ3v) is 3.51. The predicted octanol–water partition coefficient (Wildman–Crippen LogP) is 4.62. The van der Waals surface area contributed by atoms with Crippen LogP contribution in [0.25, 0.3) is 12.2 Å². The van der Waals surface area contributed by atoms with Crippen LogP contribution in [0.3, 0.4) is 0 Å². The van der Waals surface area contributed by atoms with E-state index in [1.807, 2.05) is 60.7 Å². The zero-order valence-corrected chi connectivity index (χ0v) is 13.9. The minimum absolute atomic E-state index is 0.375. The number of ether oxygens (including phenoxy) is 2. The molecule has 0 unspecified atom stereocenters. The summed E-state index contributed by atoms with van der Waals surface area (Å²) in [5.41, 5.74) is 2.73. The van der Waals surface area contributed by atoms with Gasteiger partial charge in [0.1, 0.15) is 5.75 Å². The van der Waals surface area contributed by atoms with E-state index < -0.39 is 6.09 Å². The van der Waals surface area contributed by atoms with Crippen molar-refractivity contribution in [2.45, 2.75) is 0 Å². The molecule has 4 heteroatoms. The van der Waals surface area contributed by atoms with Crippen LogP contribution in [0.1, 0.15) is 11.1 Å². The number of para-hydroxylation sites is 1. The van der Waals surface area contributed by atoms with Crippen molar-refractivity contribution < 1.29 is 14.3 Å². The van der Waals surface area contributed by atoms with Crippen molar-refractivity contribution in [3.63, 3.8) is 0 Å². The molecule has 0 aromatic heterocycles. The number of benzene rings is 2. The second kappa shape index (κ2) is 8.58. The smallest absolute Gasteiger partial charge is 0.414 e. The van der Waals surface area contributed by atoms with Crippen LogP contribution in [0.5, 0.6) is 5.75 Å². The largest absolute Gasteiger partial charge is 0.497 e. The Labute approximate surface area is 142 Å². The maximum absolute atomic E-state index is 12.0. The Bertz CT molecular complexity index is 720. The van der Waals surface area contributed by atoms with E-state index in [1.165, 1.54) is 7.11 Å². The fraction of sp³-hybridized carbons (Fsp3) is 0.150. The lowest BCUT2D eigenvalue weighted by Gasteiger charge is -2.21. The van der Waals surface area contributed by atoms with Crippen molar-refractivity contribution in [3.05, 3.63) is 72.3 Å². The molecule has 1 amide bonds. The molecule has 2 aromatic carbocycles. The Kier molecular flexibility index (Phi) is 6.20. The van der Waals surface area contributed by atoms with E-state index in [-0.39, 0.29) is 0 Å². The van der Waals surface area contributed by atoms with Gasteiger partial charge in [-0.3, -0.25) is 4.90 Å². The average molecular weight is 323 g/mol. The third-order valence-electron chi connectivity index (χ3n) is 3.51. The number of nitrogens with zero attached hydrogens (tertiary/aromatic N) is 1. The molecule has 0 aliphatic carbocycles. The summed E-state index contributed by atoms with van der Waals surface area (Å²) in [6.45, 7) is 4.08. The zero-order valence-electron chi connectivity index (χ0n) is 13.9. The minimum Gasteiger partial charge on any atom is -0.497 e. The number of amides is 1. The minimum atomic E-state index is -0.416. The molecule has 0 aliphatic rings. The maximum atomic E-state index is 12.0. The molecule has 0 radical (unpaired) electrons. The van der Waals surface area contributed by atoms with E-state index in [0.717, 1.165) is 22.6 Å². The van der Waals surface area contributed by atoms with Crippen molar-refractivity contribution in [2.75, 3.05) is 25.7 Å². The summed E-state index contributed by atoms with van der Waals surface area (Å²) >= 11 is 0. The van der Waals surface area contributed by atoms with Gasteiger partial charge in [-0.15, -0.1) is 6.58 Å². The van der Waals surface area contributed by atoms with Crippen molar-refractivity contribution in [2.24, 2.45) is 0 Å². The highest BCUT2D eigenvalue weighted by molar-refractivity contribution is 5.92. The topological polar surface area (TPSA) is 38.8 Å². The number of anilines is 1. The standard InChI is InChI=1S/C20H21NO3/c1-4-15-21(20(22)24-3)19-8-6-5-7-17(19)12-9-16-10-13-18(23-2)14-11-16/h4-14H,1,15H2,2-3H3/b12-9+. The lowest BCUT2D eigenvalue weighted by Crippen LogP contribution is -2.31. The van der Waals surface area contributed by atoms with Crippen molar-refractivity contribution in [1.29, 1.82) is 0 Å². The Balaban J connectivity index is 2.31. The molecule has 124 valence electrons. The number of hydrogen-bond donors (Lipinski definition) is 0. The molecule has 0 atom stereocenters. The highest BCUT2D eigenvalue weighted by atomic mass is 16.5. The Morgan fingerprint density at radius 3 is 2.42 bits per heavy atom. The molecule has 0 bridgehead atoms. The fourth-order valence-electron chi connectivity index (χ4n) is 2.29. The quantitative estimate of drug-likeness (QED) is 0.575. The van der Waals surface area contributed by atoms with Gasteiger partial charge in [-0.2, -0.15) is 0 Å². The van der Waals surface area contributed by atoms with Crippen LogP contribution in [-0.2, 0) is 4.74 Å². The Morgan fingerprint density at radius 1 is 1.08 bits per heavy atom. The zero-order chi connectivity index (χ0) is 17.4. The molecule has 2 aromatic rings. The first-order chi connectivity index (χ1) is 11.7. The highest BCUT2D eigenvalue weighted by Gasteiger charge is 2.16. The van der Waals surface area contributed by atoms with Crippen LogP contribution >= 0.6 is 0 Å². The van der Waals surface area contributed by atoms with Crippen molar-refractivity contribution >= 4 is 23.9 Å². The average Bonchev–Trinajstić information content (AvgIpc) is 2.64. The van der Waals surface area contributed by atoms with Gasteiger partial charge in [-0.25, -0.2) is 4.79 Å². The summed E-state index contributed by atoms with van der Waals surface area (Å²) < 4.78 is 10.0. The molecule has 2 rings (SSSR count). The Hall–Kier alpha value is -3.01. The third kappa shape index (κ3) is 4.26. The van der Waals surface area contributed by atoms with E-state index in [4.69, 9.17) is 9.47 Å². The van der Waals surface area contributed by atoms with Gasteiger partial charge in [0.05, 0.1) is 19.9 Å². The molecule has 0 N–H and O–H groups in total. The highest BCUT2D eigenvalue weighted by Crippen LogP contribution is 2.24. The molecule has 4 nitrogen and oxygen atoms in total. The number of carbonyl (C=O) groups excluding carboxylic acids is 1. The van der Waals surface area contributed by atoms with Gasteiger partial charge in [-0.05, 0) is 29.3 Å². The normalized spacial score (nSPS) is 10.4. The molecular formula is C20H21NO3. The van der Waals surface area contributed by atoms with Gasteiger partial charge in [0, 0.05) is 6.54 Å². The number of methoxy groups -OCH3 is 2. The molecule has 0 saturated heterocycles. The lowest BCUT2D eigenvalue weighted by molar-refractivity contribution is 0.179. The summed E-state index contributed by atoms with van der Waals surface area (Å²) in [5, 5.41) is 0. The second-order valence-corrected chi connectivity index (χ2v) is 5.03. The van der Waals surface area contributed by atoms with Gasteiger partial charge in [0.25, 0.3) is 0 Å². The summed E-state index contributed by atoms with van der Waals surface area (Å²) in [7, 11) is 3.01. The molecular weight excluding hydrogens is 302 g/mol. The summed E-state index contributed by atoms with van der Waals surface area (Å²) in [4.78, 5) is 13.6. The molecule has 0 heterocycles.